The molecule has 2 aromatic heterocycles. The van der Waals surface area contributed by atoms with Crippen LogP contribution in [-0.2, 0) is 0 Å². The number of hydrogen-bond donors (Lipinski definition) is 0. The minimum Gasteiger partial charge on any atom is -0.309 e. The van der Waals surface area contributed by atoms with Crippen molar-refractivity contribution < 1.29 is 0 Å². The number of fused-ring (bicyclic) bond motifs is 6. The molecule has 2 heterocycles. The molecule has 0 saturated heterocycles. The Balaban J connectivity index is 0.983. The predicted octanol–water partition coefficient (Wildman–Crippen LogP) is 19.9. The van der Waals surface area contributed by atoms with Crippen LogP contribution in [0.2, 0.25) is 0 Å². The Bertz CT molecular complexity index is 4270. The number of nitrogens with zero attached hydrogens (tertiary/aromatic N) is 2. The minimum atomic E-state index is -2.08. The highest BCUT2D eigenvalue weighted by Gasteiger charge is 2.34. The van der Waals surface area contributed by atoms with E-state index in [4.69, 9.17) is 0 Å². The van der Waals surface area contributed by atoms with E-state index in [-0.39, 0.29) is 0 Å². The van der Waals surface area contributed by atoms with Crippen molar-refractivity contribution in [1.82, 2.24) is 9.13 Å². The van der Waals surface area contributed by atoms with Crippen LogP contribution in [0, 0.1) is 0 Å². The van der Waals surface area contributed by atoms with E-state index < -0.39 is 10.0 Å². The standard InChI is InChI=1S/C72H50N2S/c1-6-24-51(25-7-1)54-48-55(52-26-8-2-9-27-52)50-60(49-54)75(57-30-12-4-13-31-57,58-32-14-5-15-33-58)59-46-44-56(45-47-59)73-66-39-20-19-37-65(66)72-69(73)42-23-43-70(72)74-67-40-21-18-36-64(67)71-63(38-22-41-68(71)74)62-35-17-16-34-61(62)53-28-10-3-11-29-53/h1-50H. The average Bonchev–Trinajstić information content (AvgIpc) is 4.06. The second kappa shape index (κ2) is 18.6. The van der Waals surface area contributed by atoms with Crippen LogP contribution < -0.4 is 0 Å². The molecule has 0 aliphatic rings. The summed E-state index contributed by atoms with van der Waals surface area (Å²) in [6, 6.07) is 112. The van der Waals surface area contributed by atoms with Crippen LogP contribution in [0.15, 0.2) is 323 Å². The highest BCUT2D eigenvalue weighted by molar-refractivity contribution is 8.34. The highest BCUT2D eigenvalue weighted by Crippen LogP contribution is 2.74. The van der Waals surface area contributed by atoms with Gasteiger partial charge in [-0.3, -0.25) is 0 Å². The van der Waals surface area contributed by atoms with Gasteiger partial charge in [-0.05, 0) is 142 Å². The summed E-state index contributed by atoms with van der Waals surface area (Å²) in [6.07, 6.45) is 0. The van der Waals surface area contributed by atoms with Crippen molar-refractivity contribution in [2.24, 2.45) is 0 Å². The van der Waals surface area contributed by atoms with Crippen LogP contribution in [0.25, 0.3) is 99.5 Å². The molecule has 0 saturated carbocycles. The van der Waals surface area contributed by atoms with Crippen molar-refractivity contribution in [2.75, 3.05) is 0 Å². The van der Waals surface area contributed by atoms with Crippen LogP contribution >= 0.6 is 10.0 Å². The third-order valence-electron chi connectivity index (χ3n) is 15.0. The quantitative estimate of drug-likeness (QED) is 0.129. The van der Waals surface area contributed by atoms with Crippen molar-refractivity contribution in [3.05, 3.63) is 303 Å². The molecule has 0 N–H and O–H groups in total. The van der Waals surface area contributed by atoms with Gasteiger partial charge in [0, 0.05) is 46.8 Å². The minimum absolute atomic E-state index is 1.11. The number of para-hydroxylation sites is 2. The molecule has 0 unspecified atom stereocenters. The fourth-order valence-corrected chi connectivity index (χ4v) is 15.7. The first-order chi connectivity index (χ1) is 37.2. The largest absolute Gasteiger partial charge is 0.309 e. The molecule has 75 heavy (non-hydrogen) atoms. The average molecular weight is 975 g/mol. The molecule has 0 bridgehead atoms. The summed E-state index contributed by atoms with van der Waals surface area (Å²) >= 11 is 0. The fraction of sp³-hybridized carbons (Fsp3) is 0. The van der Waals surface area contributed by atoms with Crippen LogP contribution in [0.1, 0.15) is 0 Å². The first-order valence-electron chi connectivity index (χ1n) is 25.7. The molecule has 2 nitrogen and oxygen atoms in total. The zero-order valence-corrected chi connectivity index (χ0v) is 42.0. The summed E-state index contributed by atoms with van der Waals surface area (Å²) in [5, 5.41) is 4.91. The molecule has 0 spiro atoms. The fourth-order valence-electron chi connectivity index (χ4n) is 11.8. The lowest BCUT2D eigenvalue weighted by atomic mass is 9.92. The maximum atomic E-state index is 2.51. The van der Waals surface area contributed by atoms with Gasteiger partial charge >= 0.3 is 0 Å². The van der Waals surface area contributed by atoms with Gasteiger partial charge in [-0.15, -0.1) is 10.0 Å². The van der Waals surface area contributed by atoms with Gasteiger partial charge < -0.3 is 9.13 Å². The van der Waals surface area contributed by atoms with Gasteiger partial charge in [0.2, 0.25) is 0 Å². The second-order valence-electron chi connectivity index (χ2n) is 19.2. The van der Waals surface area contributed by atoms with E-state index in [1.807, 2.05) is 0 Å². The molecule has 14 rings (SSSR count). The predicted molar refractivity (Wildman–Crippen MR) is 317 cm³/mol. The van der Waals surface area contributed by atoms with E-state index in [0.29, 0.717) is 0 Å². The van der Waals surface area contributed by atoms with Gasteiger partial charge in [0.05, 0.1) is 27.8 Å². The maximum Gasteiger partial charge on any atom is 0.0562 e. The summed E-state index contributed by atoms with van der Waals surface area (Å²) in [5.74, 6) is 0. The number of aromatic nitrogens is 2. The van der Waals surface area contributed by atoms with Gasteiger partial charge in [-0.25, -0.2) is 0 Å². The molecule has 14 aromatic rings. The SMILES string of the molecule is c1ccc(-c2cc(-c3ccccc3)cc(S(c3ccccc3)(c3ccccc3)c3ccc(-n4c5ccccc5c5c(-n6c7ccccc7c7c(-c8ccccc8-c8ccccc8)cccc76)cccc54)cc3)c2)cc1. The Morgan fingerprint density at radius 1 is 0.227 bits per heavy atom. The summed E-state index contributed by atoms with van der Waals surface area (Å²) in [4.78, 5) is 5.12. The van der Waals surface area contributed by atoms with Gasteiger partial charge in [-0.2, -0.15) is 0 Å². The molecule has 0 atom stereocenters. The molecule has 354 valence electrons. The third kappa shape index (κ3) is 7.35. The van der Waals surface area contributed by atoms with Gasteiger partial charge in [0.25, 0.3) is 0 Å². The first kappa shape index (κ1) is 44.3. The van der Waals surface area contributed by atoms with Crippen LogP contribution in [0.5, 0.6) is 0 Å². The Morgan fingerprint density at radius 3 is 1.23 bits per heavy atom. The second-order valence-corrected chi connectivity index (χ2v) is 22.3. The van der Waals surface area contributed by atoms with E-state index >= 15 is 0 Å². The van der Waals surface area contributed by atoms with Crippen molar-refractivity contribution >= 4 is 53.6 Å². The normalized spacial score (nSPS) is 11.9. The van der Waals surface area contributed by atoms with Gasteiger partial charge in [-0.1, -0.05) is 206 Å². The maximum absolute atomic E-state index is 2.51. The summed E-state index contributed by atoms with van der Waals surface area (Å²) in [5.41, 5.74) is 16.6. The zero-order valence-electron chi connectivity index (χ0n) is 41.2. The van der Waals surface area contributed by atoms with Crippen molar-refractivity contribution in [3.63, 3.8) is 0 Å². The zero-order chi connectivity index (χ0) is 49.7. The van der Waals surface area contributed by atoms with Crippen LogP contribution in [-0.4, -0.2) is 9.13 Å². The van der Waals surface area contributed by atoms with E-state index in [1.165, 1.54) is 102 Å². The van der Waals surface area contributed by atoms with E-state index in [2.05, 4.69) is 312 Å². The van der Waals surface area contributed by atoms with Crippen LogP contribution in [0.4, 0.5) is 0 Å². The van der Waals surface area contributed by atoms with Gasteiger partial charge in [0.1, 0.15) is 0 Å². The van der Waals surface area contributed by atoms with Gasteiger partial charge in [0.15, 0.2) is 0 Å². The molecular formula is C72H50N2S. The first-order valence-corrected chi connectivity index (χ1v) is 27.4. The summed E-state index contributed by atoms with van der Waals surface area (Å²) in [7, 11) is -2.08. The lowest BCUT2D eigenvalue weighted by Crippen LogP contribution is -2.06. The van der Waals surface area contributed by atoms with E-state index in [0.717, 1.165) is 16.9 Å². The Kier molecular flexibility index (Phi) is 11.0. The van der Waals surface area contributed by atoms with Crippen molar-refractivity contribution in [2.45, 2.75) is 19.6 Å². The van der Waals surface area contributed by atoms with E-state index in [1.54, 1.807) is 0 Å². The van der Waals surface area contributed by atoms with Crippen LogP contribution in [0.3, 0.4) is 0 Å². The molecule has 3 heteroatoms. The van der Waals surface area contributed by atoms with E-state index in [9.17, 15) is 0 Å². The molecule has 0 amide bonds. The molecule has 0 radical (unpaired) electrons. The molecule has 12 aromatic carbocycles. The van der Waals surface area contributed by atoms with Crippen molar-refractivity contribution in [3.8, 4) is 55.9 Å². The summed E-state index contributed by atoms with van der Waals surface area (Å²) < 4.78 is 4.98. The number of benzene rings is 12. The Hall–Kier alpha value is -9.41. The summed E-state index contributed by atoms with van der Waals surface area (Å²) in [6.45, 7) is 0. The number of rotatable bonds is 10. The monoisotopic (exact) mass is 974 g/mol. The molecular weight excluding hydrogens is 925 g/mol. The topological polar surface area (TPSA) is 9.86 Å². The number of hydrogen-bond acceptors (Lipinski definition) is 0. The lowest BCUT2D eigenvalue weighted by Gasteiger charge is -2.42. The van der Waals surface area contributed by atoms with Crippen molar-refractivity contribution in [1.29, 1.82) is 0 Å². The molecule has 0 fully saturated rings. The third-order valence-corrected chi connectivity index (χ3v) is 18.9. The molecule has 0 aliphatic heterocycles. The highest BCUT2D eigenvalue weighted by atomic mass is 32.3. The smallest absolute Gasteiger partial charge is 0.0562 e. The Labute approximate surface area is 439 Å². The lowest BCUT2D eigenvalue weighted by molar-refractivity contribution is 1.15. The Morgan fingerprint density at radius 2 is 0.640 bits per heavy atom. The molecule has 0 aliphatic carbocycles.